The Labute approximate surface area is 150 Å². The SMILES string of the molecule is Fc1ccccc1CN1CCC[C@@H](Cn2nnc(-c3cccs3)n2)C1. The van der Waals surface area contributed by atoms with Crippen LogP contribution in [-0.2, 0) is 13.1 Å². The predicted octanol–water partition coefficient (Wildman–Crippen LogP) is 3.45. The standard InChI is InChI=1S/C18H20FN5S/c19-16-7-2-1-6-15(16)13-23-9-3-5-14(11-23)12-24-21-18(20-22-24)17-8-4-10-25-17/h1-2,4,6-8,10,14H,3,5,9,11-13H2/t14-/m1/s1. The van der Waals surface area contributed by atoms with Crippen molar-refractivity contribution >= 4 is 11.3 Å². The summed E-state index contributed by atoms with van der Waals surface area (Å²) in [5, 5.41) is 14.9. The smallest absolute Gasteiger partial charge is 0.214 e. The second-order valence-electron chi connectivity index (χ2n) is 6.48. The van der Waals surface area contributed by atoms with Crippen LogP contribution in [0.25, 0.3) is 10.7 Å². The first-order valence-corrected chi connectivity index (χ1v) is 9.43. The number of piperidine rings is 1. The Morgan fingerprint density at radius 2 is 2.12 bits per heavy atom. The van der Waals surface area contributed by atoms with E-state index in [0.717, 1.165) is 42.9 Å². The Balaban J connectivity index is 1.38. The fourth-order valence-electron chi connectivity index (χ4n) is 3.37. The van der Waals surface area contributed by atoms with E-state index in [1.807, 2.05) is 29.6 Å². The third-order valence-electron chi connectivity index (χ3n) is 4.57. The van der Waals surface area contributed by atoms with E-state index in [1.54, 1.807) is 22.2 Å². The summed E-state index contributed by atoms with van der Waals surface area (Å²) in [6.07, 6.45) is 2.26. The van der Waals surface area contributed by atoms with Crippen LogP contribution in [-0.4, -0.2) is 38.2 Å². The minimum Gasteiger partial charge on any atom is -0.299 e. The number of aromatic nitrogens is 4. The fraction of sp³-hybridized carbons (Fsp3) is 0.389. The first-order chi connectivity index (χ1) is 12.3. The highest BCUT2D eigenvalue weighted by Crippen LogP contribution is 2.22. The molecule has 3 aromatic rings. The van der Waals surface area contributed by atoms with Crippen molar-refractivity contribution in [1.29, 1.82) is 0 Å². The number of rotatable bonds is 5. The first-order valence-electron chi connectivity index (χ1n) is 8.55. The van der Waals surface area contributed by atoms with Crippen LogP contribution in [0.1, 0.15) is 18.4 Å². The van der Waals surface area contributed by atoms with Gasteiger partial charge in [-0.05, 0) is 48.0 Å². The van der Waals surface area contributed by atoms with E-state index in [4.69, 9.17) is 0 Å². The van der Waals surface area contributed by atoms with Gasteiger partial charge in [-0.3, -0.25) is 4.90 Å². The highest BCUT2D eigenvalue weighted by Gasteiger charge is 2.22. The molecule has 5 nitrogen and oxygen atoms in total. The van der Waals surface area contributed by atoms with E-state index in [9.17, 15) is 4.39 Å². The number of nitrogens with zero attached hydrogens (tertiary/aromatic N) is 5. The summed E-state index contributed by atoms with van der Waals surface area (Å²) in [4.78, 5) is 5.06. The molecule has 1 aliphatic rings. The summed E-state index contributed by atoms with van der Waals surface area (Å²) in [5.41, 5.74) is 0.766. The molecule has 1 fully saturated rings. The van der Waals surface area contributed by atoms with Gasteiger partial charge in [0.05, 0.1) is 11.4 Å². The lowest BCUT2D eigenvalue weighted by Gasteiger charge is -2.32. The lowest BCUT2D eigenvalue weighted by atomic mass is 9.97. The second kappa shape index (κ2) is 7.41. The molecular formula is C18H20FN5S. The molecule has 0 amide bonds. The molecule has 1 atom stereocenters. The molecule has 3 heterocycles. The maximum Gasteiger partial charge on any atom is 0.214 e. The predicted molar refractivity (Wildman–Crippen MR) is 95.5 cm³/mol. The van der Waals surface area contributed by atoms with Crippen LogP contribution < -0.4 is 0 Å². The molecule has 0 aliphatic carbocycles. The van der Waals surface area contributed by atoms with Gasteiger partial charge in [0.15, 0.2) is 0 Å². The summed E-state index contributed by atoms with van der Waals surface area (Å²) in [5.74, 6) is 1.03. The Kier molecular flexibility index (Phi) is 4.85. The molecule has 0 unspecified atom stereocenters. The molecule has 0 radical (unpaired) electrons. The number of halogens is 1. The molecule has 25 heavy (non-hydrogen) atoms. The summed E-state index contributed by atoms with van der Waals surface area (Å²) in [6.45, 7) is 3.36. The van der Waals surface area contributed by atoms with E-state index in [2.05, 4.69) is 20.3 Å². The number of hydrogen-bond donors (Lipinski definition) is 0. The van der Waals surface area contributed by atoms with Crippen LogP contribution in [0.5, 0.6) is 0 Å². The average molecular weight is 357 g/mol. The number of hydrogen-bond acceptors (Lipinski definition) is 5. The molecule has 0 saturated carbocycles. The van der Waals surface area contributed by atoms with E-state index in [1.165, 1.54) is 6.07 Å². The van der Waals surface area contributed by atoms with Gasteiger partial charge in [0, 0.05) is 18.7 Å². The normalized spacial score (nSPS) is 18.5. The second-order valence-corrected chi connectivity index (χ2v) is 7.43. The van der Waals surface area contributed by atoms with E-state index in [0.29, 0.717) is 18.3 Å². The minimum absolute atomic E-state index is 0.122. The van der Waals surface area contributed by atoms with Crippen LogP contribution >= 0.6 is 11.3 Å². The number of thiophene rings is 1. The van der Waals surface area contributed by atoms with Gasteiger partial charge in [0.25, 0.3) is 0 Å². The molecule has 2 aromatic heterocycles. The van der Waals surface area contributed by atoms with Crippen molar-refractivity contribution < 1.29 is 4.39 Å². The van der Waals surface area contributed by atoms with Gasteiger partial charge in [-0.2, -0.15) is 4.80 Å². The maximum atomic E-state index is 13.9. The van der Waals surface area contributed by atoms with E-state index < -0.39 is 0 Å². The molecule has 0 N–H and O–H groups in total. The molecule has 1 aliphatic heterocycles. The molecule has 1 aromatic carbocycles. The van der Waals surface area contributed by atoms with Gasteiger partial charge >= 0.3 is 0 Å². The van der Waals surface area contributed by atoms with E-state index >= 15 is 0 Å². The van der Waals surface area contributed by atoms with Crippen molar-refractivity contribution in [3.8, 4) is 10.7 Å². The van der Waals surface area contributed by atoms with Crippen LogP contribution in [0.3, 0.4) is 0 Å². The largest absolute Gasteiger partial charge is 0.299 e. The number of tetrazole rings is 1. The summed E-state index contributed by atoms with van der Waals surface area (Å²) < 4.78 is 13.9. The number of benzene rings is 1. The zero-order valence-corrected chi connectivity index (χ0v) is 14.7. The van der Waals surface area contributed by atoms with Gasteiger partial charge < -0.3 is 0 Å². The van der Waals surface area contributed by atoms with Crippen molar-refractivity contribution in [1.82, 2.24) is 25.1 Å². The number of likely N-dealkylation sites (tertiary alicyclic amines) is 1. The fourth-order valence-corrected chi connectivity index (χ4v) is 4.02. The molecule has 4 rings (SSSR count). The van der Waals surface area contributed by atoms with Crippen molar-refractivity contribution in [3.63, 3.8) is 0 Å². The van der Waals surface area contributed by atoms with Crippen LogP contribution in [0, 0.1) is 11.7 Å². The van der Waals surface area contributed by atoms with Gasteiger partial charge in [-0.1, -0.05) is 24.3 Å². The zero-order valence-electron chi connectivity index (χ0n) is 13.9. The van der Waals surface area contributed by atoms with Crippen molar-refractivity contribution in [2.45, 2.75) is 25.9 Å². The zero-order chi connectivity index (χ0) is 17.1. The monoisotopic (exact) mass is 357 g/mol. The minimum atomic E-state index is -0.122. The van der Waals surface area contributed by atoms with Gasteiger partial charge in [0.1, 0.15) is 5.82 Å². The third kappa shape index (κ3) is 3.93. The Morgan fingerprint density at radius 1 is 1.20 bits per heavy atom. The van der Waals surface area contributed by atoms with Crippen LogP contribution in [0.15, 0.2) is 41.8 Å². The third-order valence-corrected chi connectivity index (χ3v) is 5.44. The summed E-state index contributed by atoms with van der Waals surface area (Å²) in [7, 11) is 0. The molecule has 0 bridgehead atoms. The molecule has 7 heteroatoms. The van der Waals surface area contributed by atoms with Crippen molar-refractivity contribution in [2.24, 2.45) is 5.92 Å². The van der Waals surface area contributed by atoms with Crippen LogP contribution in [0.2, 0.25) is 0 Å². The van der Waals surface area contributed by atoms with Gasteiger partial charge in [0.2, 0.25) is 5.82 Å². The average Bonchev–Trinajstić information content (AvgIpc) is 3.29. The Morgan fingerprint density at radius 3 is 2.96 bits per heavy atom. The lowest BCUT2D eigenvalue weighted by molar-refractivity contribution is 0.148. The highest BCUT2D eigenvalue weighted by atomic mass is 32.1. The quantitative estimate of drug-likeness (QED) is 0.702. The summed E-state index contributed by atoms with van der Waals surface area (Å²) in [6, 6.07) is 11.0. The van der Waals surface area contributed by atoms with Gasteiger partial charge in [-0.25, -0.2) is 4.39 Å². The van der Waals surface area contributed by atoms with Crippen molar-refractivity contribution in [2.75, 3.05) is 13.1 Å². The molecule has 1 saturated heterocycles. The first kappa shape index (κ1) is 16.4. The van der Waals surface area contributed by atoms with E-state index in [-0.39, 0.29) is 5.82 Å². The molecular weight excluding hydrogens is 337 g/mol. The van der Waals surface area contributed by atoms with Crippen LogP contribution in [0.4, 0.5) is 4.39 Å². The van der Waals surface area contributed by atoms with Crippen molar-refractivity contribution in [3.05, 3.63) is 53.2 Å². The highest BCUT2D eigenvalue weighted by molar-refractivity contribution is 7.13. The van der Waals surface area contributed by atoms with Gasteiger partial charge in [-0.15, -0.1) is 21.5 Å². The maximum absolute atomic E-state index is 13.9. The summed E-state index contributed by atoms with van der Waals surface area (Å²) >= 11 is 1.62. The lowest BCUT2D eigenvalue weighted by Crippen LogP contribution is -2.37. The molecule has 130 valence electrons. The molecule has 0 spiro atoms. The Bertz CT molecular complexity index is 817. The Hall–Kier alpha value is -2.12. The topological polar surface area (TPSA) is 46.8 Å².